The van der Waals surface area contributed by atoms with Gasteiger partial charge in [-0.1, -0.05) is 13.8 Å². The van der Waals surface area contributed by atoms with E-state index >= 15 is 0 Å². The van der Waals surface area contributed by atoms with Crippen molar-refractivity contribution in [2.45, 2.75) is 32.5 Å². The molecule has 0 heterocycles. The van der Waals surface area contributed by atoms with Gasteiger partial charge in [-0.15, -0.1) is 0 Å². The molecular formula is C7H16FNO3S. The van der Waals surface area contributed by atoms with Crippen LogP contribution in [0.4, 0.5) is 4.39 Å². The fourth-order valence-electron chi connectivity index (χ4n) is 1.02. The molecule has 0 saturated carbocycles. The molecule has 0 fully saturated rings. The van der Waals surface area contributed by atoms with Gasteiger partial charge in [0, 0.05) is 6.04 Å². The number of hydrogen-bond donors (Lipinski definition) is 2. The van der Waals surface area contributed by atoms with E-state index in [4.69, 9.17) is 10.3 Å². The van der Waals surface area contributed by atoms with Gasteiger partial charge in [-0.25, -0.2) is 4.39 Å². The van der Waals surface area contributed by atoms with Crippen LogP contribution in [-0.4, -0.2) is 30.9 Å². The molecule has 0 rings (SSSR count). The van der Waals surface area contributed by atoms with Gasteiger partial charge in [0.2, 0.25) is 0 Å². The van der Waals surface area contributed by atoms with Crippen LogP contribution in [0.2, 0.25) is 0 Å². The molecule has 0 aliphatic rings. The molecule has 13 heavy (non-hydrogen) atoms. The molecule has 0 aliphatic carbocycles. The minimum absolute atomic E-state index is 0.203. The third-order valence-corrected chi connectivity index (χ3v) is 2.32. The fourth-order valence-corrected chi connectivity index (χ4v) is 1.67. The summed E-state index contributed by atoms with van der Waals surface area (Å²) >= 11 is 0. The Morgan fingerprint density at radius 3 is 2.23 bits per heavy atom. The number of halogens is 1. The summed E-state index contributed by atoms with van der Waals surface area (Å²) in [4.78, 5) is 0. The smallest absolute Gasteiger partial charge is 0.267 e. The van der Waals surface area contributed by atoms with Crippen LogP contribution in [0.5, 0.6) is 0 Å². The van der Waals surface area contributed by atoms with Crippen LogP contribution < -0.4 is 5.73 Å². The van der Waals surface area contributed by atoms with Crippen molar-refractivity contribution >= 4 is 10.1 Å². The maximum Gasteiger partial charge on any atom is 0.267 e. The highest BCUT2D eigenvalue weighted by atomic mass is 32.2. The maximum atomic E-state index is 13.0. The van der Waals surface area contributed by atoms with Gasteiger partial charge in [0.15, 0.2) is 0 Å². The zero-order valence-corrected chi connectivity index (χ0v) is 8.59. The zero-order valence-electron chi connectivity index (χ0n) is 7.77. The summed E-state index contributed by atoms with van der Waals surface area (Å²) in [6, 6.07) is -0.832. The lowest BCUT2D eigenvalue weighted by molar-refractivity contribution is 0.276. The van der Waals surface area contributed by atoms with Gasteiger partial charge in [-0.3, -0.25) is 4.55 Å². The van der Waals surface area contributed by atoms with Crippen molar-refractivity contribution in [1.29, 1.82) is 0 Å². The standard InChI is InChI=1S/C7H16FNO3S/c1-5(2)3-7(9)6(8)4-13(10,11)12/h5-7H,3-4,9H2,1-2H3,(H,10,11,12)/t6?,7-/m0/s1. The molecule has 0 amide bonds. The SMILES string of the molecule is CC(C)C[C@H](N)C(F)CS(=O)(=O)O. The Hall–Kier alpha value is -0.200. The third kappa shape index (κ3) is 6.92. The number of nitrogens with two attached hydrogens (primary N) is 1. The average molecular weight is 213 g/mol. The first kappa shape index (κ1) is 12.8. The lowest BCUT2D eigenvalue weighted by atomic mass is 10.0. The van der Waals surface area contributed by atoms with Gasteiger partial charge >= 0.3 is 0 Å². The van der Waals surface area contributed by atoms with Crippen LogP contribution >= 0.6 is 0 Å². The Kier molecular flexibility index (Phi) is 4.80. The highest BCUT2D eigenvalue weighted by Gasteiger charge is 2.23. The van der Waals surface area contributed by atoms with Crippen molar-refractivity contribution in [3.05, 3.63) is 0 Å². The van der Waals surface area contributed by atoms with Gasteiger partial charge in [0.05, 0.1) is 0 Å². The summed E-state index contributed by atoms with van der Waals surface area (Å²) < 4.78 is 41.9. The molecule has 0 aromatic rings. The molecule has 2 atom stereocenters. The highest BCUT2D eigenvalue weighted by molar-refractivity contribution is 7.85. The molecule has 1 unspecified atom stereocenters. The summed E-state index contributed by atoms with van der Waals surface area (Å²) in [5.74, 6) is -0.712. The highest BCUT2D eigenvalue weighted by Crippen LogP contribution is 2.10. The molecule has 6 heteroatoms. The molecule has 0 aromatic carbocycles. The molecule has 0 aliphatic heterocycles. The van der Waals surface area contributed by atoms with Crippen molar-refractivity contribution in [1.82, 2.24) is 0 Å². The average Bonchev–Trinajstić information content (AvgIpc) is 1.81. The van der Waals surface area contributed by atoms with Gasteiger partial charge in [-0.05, 0) is 12.3 Å². The summed E-state index contributed by atoms with van der Waals surface area (Å²) in [7, 11) is -4.26. The van der Waals surface area contributed by atoms with E-state index in [1.807, 2.05) is 13.8 Å². The second-order valence-corrected chi connectivity index (χ2v) is 5.06. The van der Waals surface area contributed by atoms with E-state index in [9.17, 15) is 12.8 Å². The zero-order chi connectivity index (χ0) is 10.6. The maximum absolute atomic E-state index is 13.0. The third-order valence-electron chi connectivity index (χ3n) is 1.58. The van der Waals surface area contributed by atoms with Crippen LogP contribution in [0, 0.1) is 5.92 Å². The molecular weight excluding hydrogens is 197 g/mol. The second-order valence-electron chi connectivity index (χ2n) is 3.56. The number of hydrogen-bond acceptors (Lipinski definition) is 3. The van der Waals surface area contributed by atoms with E-state index in [0.29, 0.717) is 6.42 Å². The molecule has 0 saturated heterocycles. The monoisotopic (exact) mass is 213 g/mol. The van der Waals surface area contributed by atoms with Crippen LogP contribution in [0.1, 0.15) is 20.3 Å². The van der Waals surface area contributed by atoms with Gasteiger partial charge in [0.1, 0.15) is 11.9 Å². The van der Waals surface area contributed by atoms with Crippen molar-refractivity contribution < 1.29 is 17.4 Å². The minimum Gasteiger partial charge on any atom is -0.325 e. The Morgan fingerprint density at radius 2 is 1.92 bits per heavy atom. The van der Waals surface area contributed by atoms with E-state index in [2.05, 4.69) is 0 Å². The number of alkyl halides is 1. The Morgan fingerprint density at radius 1 is 1.46 bits per heavy atom. The Bertz CT molecular complexity index is 240. The fraction of sp³-hybridized carbons (Fsp3) is 1.00. The summed E-state index contributed by atoms with van der Waals surface area (Å²) in [5, 5.41) is 0. The minimum atomic E-state index is -4.26. The molecule has 4 nitrogen and oxygen atoms in total. The Balaban J connectivity index is 4.04. The van der Waals surface area contributed by atoms with Crippen LogP contribution in [0.25, 0.3) is 0 Å². The summed E-state index contributed by atoms with van der Waals surface area (Å²) in [6.45, 7) is 3.72. The predicted molar refractivity (Wildman–Crippen MR) is 48.7 cm³/mol. The van der Waals surface area contributed by atoms with Crippen LogP contribution in [-0.2, 0) is 10.1 Å². The van der Waals surface area contributed by atoms with Crippen LogP contribution in [0.15, 0.2) is 0 Å². The van der Waals surface area contributed by atoms with E-state index < -0.39 is 28.1 Å². The lowest BCUT2D eigenvalue weighted by Crippen LogP contribution is -2.37. The Labute approximate surface area is 78.1 Å². The van der Waals surface area contributed by atoms with Crippen LogP contribution in [0.3, 0.4) is 0 Å². The normalized spacial score (nSPS) is 17.4. The molecule has 3 N–H and O–H groups in total. The first-order valence-electron chi connectivity index (χ1n) is 4.07. The van der Waals surface area contributed by atoms with Crippen molar-refractivity contribution in [3.8, 4) is 0 Å². The molecule has 0 aromatic heterocycles. The van der Waals surface area contributed by atoms with Crippen molar-refractivity contribution in [2.75, 3.05) is 5.75 Å². The molecule has 0 bridgehead atoms. The van der Waals surface area contributed by atoms with E-state index in [1.54, 1.807) is 0 Å². The lowest BCUT2D eigenvalue weighted by Gasteiger charge is -2.17. The van der Waals surface area contributed by atoms with Crippen molar-refractivity contribution in [2.24, 2.45) is 11.7 Å². The molecule has 0 radical (unpaired) electrons. The molecule has 80 valence electrons. The second kappa shape index (κ2) is 4.88. The van der Waals surface area contributed by atoms with E-state index in [0.717, 1.165) is 0 Å². The first-order valence-corrected chi connectivity index (χ1v) is 5.68. The number of rotatable bonds is 5. The summed E-state index contributed by atoms with van der Waals surface area (Å²) in [6.07, 6.45) is -1.30. The largest absolute Gasteiger partial charge is 0.325 e. The first-order chi connectivity index (χ1) is 5.72. The predicted octanol–water partition coefficient (Wildman–Crippen LogP) is 0.586. The topological polar surface area (TPSA) is 80.4 Å². The van der Waals surface area contributed by atoms with E-state index in [1.165, 1.54) is 0 Å². The van der Waals surface area contributed by atoms with Gasteiger partial charge < -0.3 is 5.73 Å². The van der Waals surface area contributed by atoms with E-state index in [-0.39, 0.29) is 5.92 Å². The summed E-state index contributed by atoms with van der Waals surface area (Å²) in [5.41, 5.74) is 5.37. The van der Waals surface area contributed by atoms with Gasteiger partial charge in [-0.2, -0.15) is 8.42 Å². The van der Waals surface area contributed by atoms with Gasteiger partial charge in [0.25, 0.3) is 10.1 Å². The van der Waals surface area contributed by atoms with Crippen molar-refractivity contribution in [3.63, 3.8) is 0 Å². The molecule has 0 spiro atoms. The quantitative estimate of drug-likeness (QED) is 0.655.